The van der Waals surface area contributed by atoms with E-state index in [0.29, 0.717) is 0 Å². The molecule has 1 rings (SSSR count). The maximum Gasteiger partial charge on any atom is 0.0877 e. The Kier molecular flexibility index (Phi) is 3.48. The van der Waals surface area contributed by atoms with Crippen molar-refractivity contribution in [1.29, 1.82) is 0 Å². The van der Waals surface area contributed by atoms with Crippen molar-refractivity contribution < 1.29 is 5.11 Å². The summed E-state index contributed by atoms with van der Waals surface area (Å²) in [7, 11) is 0. The Hall–Kier alpha value is -1.08. The topological polar surface area (TPSA) is 20.2 Å². The lowest BCUT2D eigenvalue weighted by Crippen LogP contribution is -2.22. The van der Waals surface area contributed by atoms with Crippen LogP contribution in [0.4, 0.5) is 0 Å². The fourth-order valence-corrected chi connectivity index (χ4v) is 1.47. The molecule has 1 heteroatoms. The van der Waals surface area contributed by atoms with Crippen LogP contribution in [0, 0.1) is 5.41 Å². The van der Waals surface area contributed by atoms with Gasteiger partial charge in [-0.05, 0) is 12.0 Å². The SMILES string of the molecule is C=C[C@@](C)(CC)[C@H](O)c1ccccc1. The van der Waals surface area contributed by atoms with E-state index < -0.39 is 6.10 Å². The van der Waals surface area contributed by atoms with E-state index in [2.05, 4.69) is 13.5 Å². The monoisotopic (exact) mass is 190 g/mol. The predicted octanol–water partition coefficient (Wildman–Crippen LogP) is 3.32. The number of hydrogen-bond acceptors (Lipinski definition) is 1. The van der Waals surface area contributed by atoms with Crippen molar-refractivity contribution >= 4 is 0 Å². The second-order valence-electron chi connectivity index (χ2n) is 3.88. The lowest BCUT2D eigenvalue weighted by atomic mass is 9.79. The Morgan fingerprint density at radius 2 is 2.00 bits per heavy atom. The average Bonchev–Trinajstić information content (AvgIpc) is 2.28. The van der Waals surface area contributed by atoms with Crippen LogP contribution in [0.2, 0.25) is 0 Å². The molecule has 0 saturated heterocycles. The third-order valence-electron chi connectivity index (χ3n) is 2.97. The molecule has 1 N–H and O–H groups in total. The number of aliphatic hydroxyl groups is 1. The van der Waals surface area contributed by atoms with Crippen molar-refractivity contribution in [3.63, 3.8) is 0 Å². The summed E-state index contributed by atoms with van der Waals surface area (Å²) in [5.74, 6) is 0. The Morgan fingerprint density at radius 1 is 1.43 bits per heavy atom. The predicted molar refractivity (Wildman–Crippen MR) is 60.0 cm³/mol. The first-order valence-corrected chi connectivity index (χ1v) is 5.00. The van der Waals surface area contributed by atoms with Crippen LogP contribution in [0.5, 0.6) is 0 Å². The van der Waals surface area contributed by atoms with Crippen LogP contribution in [0.1, 0.15) is 31.9 Å². The summed E-state index contributed by atoms with van der Waals surface area (Å²) >= 11 is 0. The van der Waals surface area contributed by atoms with Gasteiger partial charge in [-0.3, -0.25) is 0 Å². The van der Waals surface area contributed by atoms with E-state index >= 15 is 0 Å². The van der Waals surface area contributed by atoms with Crippen LogP contribution in [-0.2, 0) is 0 Å². The number of benzene rings is 1. The van der Waals surface area contributed by atoms with Gasteiger partial charge in [0, 0.05) is 5.41 Å². The Morgan fingerprint density at radius 3 is 2.43 bits per heavy atom. The van der Waals surface area contributed by atoms with Gasteiger partial charge in [-0.25, -0.2) is 0 Å². The van der Waals surface area contributed by atoms with Gasteiger partial charge in [-0.1, -0.05) is 50.3 Å². The third-order valence-corrected chi connectivity index (χ3v) is 2.97. The molecule has 76 valence electrons. The first kappa shape index (κ1) is 11.0. The van der Waals surface area contributed by atoms with Gasteiger partial charge in [0.05, 0.1) is 6.10 Å². The van der Waals surface area contributed by atoms with Crippen molar-refractivity contribution in [3.05, 3.63) is 48.6 Å². The molecule has 0 aliphatic heterocycles. The maximum atomic E-state index is 10.2. The highest BCUT2D eigenvalue weighted by Crippen LogP contribution is 2.37. The second kappa shape index (κ2) is 4.43. The second-order valence-corrected chi connectivity index (χ2v) is 3.88. The molecule has 1 nitrogen and oxygen atoms in total. The van der Waals surface area contributed by atoms with Crippen LogP contribution in [0.3, 0.4) is 0 Å². The Bertz CT molecular complexity index is 291. The van der Waals surface area contributed by atoms with E-state index in [0.717, 1.165) is 12.0 Å². The van der Waals surface area contributed by atoms with Gasteiger partial charge in [0.25, 0.3) is 0 Å². The fraction of sp³-hybridized carbons (Fsp3) is 0.385. The largest absolute Gasteiger partial charge is 0.388 e. The molecular weight excluding hydrogens is 172 g/mol. The Labute approximate surface area is 86.1 Å². The summed E-state index contributed by atoms with van der Waals surface area (Å²) in [4.78, 5) is 0. The van der Waals surface area contributed by atoms with Crippen LogP contribution in [0.15, 0.2) is 43.0 Å². The molecule has 0 radical (unpaired) electrons. The summed E-state index contributed by atoms with van der Waals surface area (Å²) in [6.45, 7) is 7.88. The van der Waals surface area contributed by atoms with Crippen molar-refractivity contribution in [2.24, 2.45) is 5.41 Å². The molecule has 0 aliphatic rings. The standard InChI is InChI=1S/C13H18O/c1-4-13(3,5-2)12(14)11-9-7-6-8-10-11/h4,6-10,12,14H,1,5H2,2-3H3/t12-,13+/m1/s1. The van der Waals surface area contributed by atoms with Crippen LogP contribution in [-0.4, -0.2) is 5.11 Å². The van der Waals surface area contributed by atoms with E-state index in [1.54, 1.807) is 0 Å². The highest BCUT2D eigenvalue weighted by Gasteiger charge is 2.28. The third kappa shape index (κ3) is 2.05. The highest BCUT2D eigenvalue weighted by atomic mass is 16.3. The maximum absolute atomic E-state index is 10.2. The molecule has 0 saturated carbocycles. The van der Waals surface area contributed by atoms with E-state index in [1.165, 1.54) is 0 Å². The molecule has 0 spiro atoms. The van der Waals surface area contributed by atoms with E-state index in [9.17, 15) is 5.11 Å². The van der Waals surface area contributed by atoms with Gasteiger partial charge in [-0.15, -0.1) is 6.58 Å². The van der Waals surface area contributed by atoms with E-state index in [1.807, 2.05) is 43.3 Å². The summed E-state index contributed by atoms with van der Waals surface area (Å²) in [6, 6.07) is 9.73. The average molecular weight is 190 g/mol. The van der Waals surface area contributed by atoms with Crippen LogP contribution >= 0.6 is 0 Å². The molecule has 1 aromatic carbocycles. The molecular formula is C13H18O. The van der Waals surface area contributed by atoms with Crippen LogP contribution in [0.25, 0.3) is 0 Å². The lowest BCUT2D eigenvalue weighted by molar-refractivity contribution is 0.0673. The molecule has 1 aromatic rings. The van der Waals surface area contributed by atoms with Crippen molar-refractivity contribution in [2.45, 2.75) is 26.4 Å². The van der Waals surface area contributed by atoms with Crippen molar-refractivity contribution in [1.82, 2.24) is 0 Å². The zero-order chi connectivity index (χ0) is 10.6. The molecule has 0 heterocycles. The van der Waals surface area contributed by atoms with Gasteiger partial charge < -0.3 is 5.11 Å². The number of rotatable bonds is 4. The zero-order valence-corrected chi connectivity index (χ0v) is 8.90. The smallest absolute Gasteiger partial charge is 0.0877 e. The summed E-state index contributed by atoms with van der Waals surface area (Å²) in [6.07, 6.45) is 2.25. The van der Waals surface area contributed by atoms with Crippen molar-refractivity contribution in [2.75, 3.05) is 0 Å². The first-order chi connectivity index (χ1) is 6.64. The molecule has 0 amide bonds. The fourth-order valence-electron chi connectivity index (χ4n) is 1.47. The summed E-state index contributed by atoms with van der Waals surface area (Å²) in [5, 5.41) is 10.2. The minimum atomic E-state index is -0.466. The molecule has 14 heavy (non-hydrogen) atoms. The van der Waals surface area contributed by atoms with Crippen LogP contribution < -0.4 is 0 Å². The molecule has 0 aliphatic carbocycles. The zero-order valence-electron chi connectivity index (χ0n) is 8.90. The molecule has 0 aromatic heterocycles. The minimum absolute atomic E-state index is 0.235. The quantitative estimate of drug-likeness (QED) is 0.722. The Balaban J connectivity index is 2.94. The van der Waals surface area contributed by atoms with Gasteiger partial charge in [0.15, 0.2) is 0 Å². The van der Waals surface area contributed by atoms with Gasteiger partial charge in [0.2, 0.25) is 0 Å². The van der Waals surface area contributed by atoms with Gasteiger partial charge >= 0.3 is 0 Å². The molecule has 2 atom stereocenters. The molecule has 0 fully saturated rings. The van der Waals surface area contributed by atoms with Gasteiger partial charge in [0.1, 0.15) is 0 Å². The van der Waals surface area contributed by atoms with Gasteiger partial charge in [-0.2, -0.15) is 0 Å². The first-order valence-electron chi connectivity index (χ1n) is 5.00. The van der Waals surface area contributed by atoms with Crippen molar-refractivity contribution in [3.8, 4) is 0 Å². The number of aliphatic hydroxyl groups excluding tert-OH is 1. The molecule has 0 unspecified atom stereocenters. The summed E-state index contributed by atoms with van der Waals surface area (Å²) in [5.41, 5.74) is 0.721. The lowest BCUT2D eigenvalue weighted by Gasteiger charge is -2.30. The summed E-state index contributed by atoms with van der Waals surface area (Å²) < 4.78 is 0. The van der Waals surface area contributed by atoms with E-state index in [-0.39, 0.29) is 5.41 Å². The number of hydrogen-bond donors (Lipinski definition) is 1. The minimum Gasteiger partial charge on any atom is -0.388 e. The normalized spacial score (nSPS) is 17.1. The molecule has 0 bridgehead atoms. The van der Waals surface area contributed by atoms with E-state index in [4.69, 9.17) is 0 Å². The highest BCUT2D eigenvalue weighted by molar-refractivity contribution is 5.21.